The molecule has 0 radical (unpaired) electrons. The molecule has 3 nitrogen and oxygen atoms in total. The smallest absolute Gasteiger partial charge is 0.177 e. The second-order valence-electron chi connectivity index (χ2n) is 0.671. The Morgan fingerprint density at radius 2 is 2.14 bits per heavy atom. The van der Waals surface area contributed by atoms with Crippen molar-refractivity contribution >= 4 is 16.9 Å². The number of thioether (sulfide) groups is 1. The Bertz CT molecular complexity index is 64.0. The maximum Gasteiger partial charge on any atom is 0.177 e. The van der Waals surface area contributed by atoms with E-state index in [1.807, 2.05) is 6.26 Å². The molecular weight excluding hydrogens is 225 g/mol. The minimum absolute atomic E-state index is 0. The van der Waals surface area contributed by atoms with Gasteiger partial charge < -0.3 is 35.6 Å². The molecule has 0 aliphatic rings. The summed E-state index contributed by atoms with van der Waals surface area (Å²) in [6.45, 7) is 0. The molecule has 4 N–H and O–H groups in total. The maximum atomic E-state index is 5.06. The van der Waals surface area contributed by atoms with Crippen molar-refractivity contribution in [3.05, 3.63) is 0 Å². The molecule has 0 aromatic carbocycles. The second-order valence-corrected chi connectivity index (χ2v) is 1.50. The van der Waals surface area contributed by atoms with Crippen molar-refractivity contribution in [3.8, 4) is 0 Å². The topological polar surface area (TPSA) is 64.4 Å². The average Bonchev–Trinajstić information content (AvgIpc) is 1.65. The van der Waals surface area contributed by atoms with Crippen molar-refractivity contribution in [1.29, 1.82) is 0 Å². The lowest BCUT2D eigenvalue weighted by molar-refractivity contribution is -0.00000148. The van der Waals surface area contributed by atoms with Crippen LogP contribution in [0.15, 0.2) is 5.10 Å². The van der Waals surface area contributed by atoms with Crippen LogP contribution >= 0.6 is 11.8 Å². The normalized spacial score (nSPS) is 10.1. The monoisotopic (exact) mass is 232 g/mol. The zero-order valence-corrected chi connectivity index (χ0v) is 6.86. The highest BCUT2D eigenvalue weighted by molar-refractivity contribution is 8.13. The van der Waals surface area contributed by atoms with Crippen LogP contribution in [0.25, 0.3) is 0 Å². The lowest BCUT2D eigenvalue weighted by Crippen LogP contribution is -3.00. The van der Waals surface area contributed by atoms with Gasteiger partial charge in [0.15, 0.2) is 5.17 Å². The van der Waals surface area contributed by atoms with Crippen molar-refractivity contribution in [3.63, 3.8) is 0 Å². The number of hydrazone groups is 1. The summed E-state index contributed by atoms with van der Waals surface area (Å²) >= 11 is 1.33. The fourth-order valence-electron chi connectivity index (χ4n) is 0.0527. The fourth-order valence-corrected chi connectivity index (χ4v) is 0.158. The quantitative estimate of drug-likeness (QED) is 0.150. The van der Waals surface area contributed by atoms with Gasteiger partial charge in [0.1, 0.15) is 0 Å². The first-order valence-corrected chi connectivity index (χ1v) is 2.61. The molecule has 0 aromatic heterocycles. The van der Waals surface area contributed by atoms with Gasteiger partial charge in [-0.25, -0.2) is 0 Å². The molecule has 0 saturated heterocycles. The number of rotatable bonds is 0. The third kappa shape index (κ3) is 6.35. The Balaban J connectivity index is 0. The first-order valence-electron chi connectivity index (χ1n) is 1.38. The van der Waals surface area contributed by atoms with Gasteiger partial charge in [0.2, 0.25) is 0 Å². The average molecular weight is 232 g/mol. The molecule has 0 aliphatic carbocycles. The molecule has 0 spiro atoms. The van der Waals surface area contributed by atoms with E-state index < -0.39 is 0 Å². The molecule has 0 bridgehead atoms. The van der Waals surface area contributed by atoms with E-state index in [9.17, 15) is 0 Å². The van der Waals surface area contributed by atoms with Crippen molar-refractivity contribution in [1.82, 2.24) is 0 Å². The predicted molar refractivity (Wildman–Crippen MR) is 29.3 cm³/mol. The van der Waals surface area contributed by atoms with Gasteiger partial charge in [-0.15, -0.1) is 0 Å². The van der Waals surface area contributed by atoms with Crippen LogP contribution in [0.4, 0.5) is 0 Å². The van der Waals surface area contributed by atoms with Crippen molar-refractivity contribution in [2.75, 3.05) is 6.26 Å². The van der Waals surface area contributed by atoms with E-state index in [4.69, 9.17) is 11.6 Å². The van der Waals surface area contributed by atoms with Gasteiger partial charge in [-0.1, -0.05) is 11.8 Å². The summed E-state index contributed by atoms with van der Waals surface area (Å²) in [5, 5.41) is 3.58. The van der Waals surface area contributed by atoms with Crippen LogP contribution in [-0.4, -0.2) is 11.4 Å². The molecule has 0 unspecified atom stereocenters. The van der Waals surface area contributed by atoms with E-state index in [0.717, 1.165) is 0 Å². The number of halogens is 1. The molecule has 0 atom stereocenters. The Kier molecular flexibility index (Phi) is 9.39. The molecule has 7 heavy (non-hydrogen) atoms. The van der Waals surface area contributed by atoms with Gasteiger partial charge in [-0.2, -0.15) is 5.10 Å². The summed E-state index contributed by atoms with van der Waals surface area (Å²) in [7, 11) is 0. The van der Waals surface area contributed by atoms with Crippen LogP contribution in [0.2, 0.25) is 0 Å². The summed E-state index contributed by atoms with van der Waals surface area (Å²) in [4.78, 5) is 0. The zero-order chi connectivity index (χ0) is 4.99. The number of hydrogen-bond acceptors (Lipinski definition) is 3. The van der Waals surface area contributed by atoms with Crippen LogP contribution < -0.4 is 35.6 Å². The zero-order valence-electron chi connectivity index (χ0n) is 3.89. The Morgan fingerprint density at radius 1 is 1.71 bits per heavy atom. The van der Waals surface area contributed by atoms with E-state index in [1.165, 1.54) is 11.8 Å². The molecule has 0 heterocycles. The van der Waals surface area contributed by atoms with Gasteiger partial charge in [-0.05, 0) is 6.26 Å². The molecular formula is C2H7IN3S-. The fraction of sp³-hybridized carbons (Fsp3) is 0.500. The van der Waals surface area contributed by atoms with E-state index >= 15 is 0 Å². The molecule has 0 aliphatic heterocycles. The number of nitrogens with zero attached hydrogens (tertiary/aromatic N) is 1. The Morgan fingerprint density at radius 3 is 2.14 bits per heavy atom. The highest BCUT2D eigenvalue weighted by Gasteiger charge is 1.77. The molecule has 5 heteroatoms. The summed E-state index contributed by atoms with van der Waals surface area (Å²) in [5.41, 5.74) is 5.06. The lowest BCUT2D eigenvalue weighted by Gasteiger charge is -1.83. The molecule has 0 rings (SSSR count). The van der Waals surface area contributed by atoms with Crippen LogP contribution in [-0.2, 0) is 0 Å². The molecule has 0 saturated carbocycles. The first-order chi connectivity index (χ1) is 2.81. The van der Waals surface area contributed by atoms with E-state index in [-0.39, 0.29) is 24.0 Å². The number of amidine groups is 1. The van der Waals surface area contributed by atoms with Gasteiger partial charge in [0.05, 0.1) is 0 Å². The SMILES string of the molecule is CSC(N)=NN.[I-]. The summed E-state index contributed by atoms with van der Waals surface area (Å²) in [6, 6.07) is 0. The van der Waals surface area contributed by atoms with Crippen molar-refractivity contribution in [2.24, 2.45) is 16.7 Å². The van der Waals surface area contributed by atoms with Gasteiger partial charge in [-0.3, -0.25) is 0 Å². The highest BCUT2D eigenvalue weighted by atomic mass is 127. The third-order valence-corrected chi connectivity index (χ3v) is 0.860. The largest absolute Gasteiger partial charge is 1.00 e. The van der Waals surface area contributed by atoms with Crippen LogP contribution in [0.3, 0.4) is 0 Å². The summed E-state index contributed by atoms with van der Waals surface area (Å²) < 4.78 is 0. The molecule has 0 aromatic rings. The first kappa shape index (κ1) is 10.4. The minimum Gasteiger partial charge on any atom is -1.00 e. The summed E-state index contributed by atoms with van der Waals surface area (Å²) in [6.07, 6.45) is 1.81. The summed E-state index contributed by atoms with van der Waals surface area (Å²) in [5.74, 6) is 4.72. The molecule has 44 valence electrons. The third-order valence-electron chi connectivity index (χ3n) is 0.336. The maximum absolute atomic E-state index is 5.06. The van der Waals surface area contributed by atoms with E-state index in [0.29, 0.717) is 5.17 Å². The standard InChI is InChI=1S/C2H7N3S.HI/c1-6-2(3)5-4;/h4H2,1H3,(H2,3,5);1H/p-1. The van der Waals surface area contributed by atoms with Crippen molar-refractivity contribution < 1.29 is 24.0 Å². The lowest BCUT2D eigenvalue weighted by atomic mass is 11.4. The highest BCUT2D eigenvalue weighted by Crippen LogP contribution is 1.85. The predicted octanol–water partition coefficient (Wildman–Crippen LogP) is -3.46. The van der Waals surface area contributed by atoms with Gasteiger partial charge >= 0.3 is 0 Å². The van der Waals surface area contributed by atoms with Crippen LogP contribution in [0.5, 0.6) is 0 Å². The Labute approximate surface area is 63.9 Å². The Hall–Kier alpha value is 0.350. The van der Waals surface area contributed by atoms with E-state index in [2.05, 4.69) is 5.10 Å². The van der Waals surface area contributed by atoms with Gasteiger partial charge in [0.25, 0.3) is 0 Å². The second kappa shape index (κ2) is 6.35. The minimum atomic E-state index is 0. The molecule has 0 fully saturated rings. The number of nitrogens with two attached hydrogens (primary N) is 2. The van der Waals surface area contributed by atoms with E-state index in [1.54, 1.807) is 0 Å². The van der Waals surface area contributed by atoms with Crippen LogP contribution in [0, 0.1) is 0 Å². The number of hydrogen-bond donors (Lipinski definition) is 2. The molecule has 0 amide bonds. The van der Waals surface area contributed by atoms with Gasteiger partial charge in [0, 0.05) is 0 Å². The van der Waals surface area contributed by atoms with Crippen molar-refractivity contribution in [2.45, 2.75) is 0 Å². The van der Waals surface area contributed by atoms with Crippen LogP contribution in [0.1, 0.15) is 0 Å².